The number of primary amides is 1. The number of carbonyl (C=O) groups is 2. The normalized spacial score (nSPS) is 25.2. The predicted octanol–water partition coefficient (Wildman–Crippen LogP) is 4.88. The summed E-state index contributed by atoms with van der Waals surface area (Å²) in [7, 11) is 1.62. The SMILES string of the molecule is COc1ccc(/C=C2/C(=O)N(C(N)=O)c3ccc(Cl)cc32)cc1O[C@H]1C[C@@H]2CC[C@H]1C2. The average molecular weight is 439 g/mol. The first-order valence-electron chi connectivity index (χ1n) is 10.4. The minimum absolute atomic E-state index is 0.202. The van der Waals surface area contributed by atoms with Crippen molar-refractivity contribution in [3.63, 3.8) is 0 Å². The van der Waals surface area contributed by atoms with Gasteiger partial charge in [-0.05, 0) is 79.5 Å². The van der Waals surface area contributed by atoms with Gasteiger partial charge in [0.1, 0.15) is 6.10 Å². The lowest BCUT2D eigenvalue weighted by atomic mass is 9.97. The van der Waals surface area contributed by atoms with E-state index in [4.69, 9.17) is 26.8 Å². The lowest BCUT2D eigenvalue weighted by Gasteiger charge is -2.24. The first kappa shape index (κ1) is 19.9. The summed E-state index contributed by atoms with van der Waals surface area (Å²) in [6, 6.07) is 9.65. The van der Waals surface area contributed by atoms with E-state index in [1.54, 1.807) is 31.4 Å². The largest absolute Gasteiger partial charge is 0.493 e. The van der Waals surface area contributed by atoms with Gasteiger partial charge in [0.05, 0.1) is 18.4 Å². The second-order valence-corrected chi connectivity index (χ2v) is 8.88. The van der Waals surface area contributed by atoms with E-state index in [0.717, 1.165) is 22.8 Å². The van der Waals surface area contributed by atoms with E-state index in [2.05, 4.69) is 0 Å². The summed E-state index contributed by atoms with van der Waals surface area (Å²) in [6.45, 7) is 0. The van der Waals surface area contributed by atoms with Gasteiger partial charge < -0.3 is 15.2 Å². The van der Waals surface area contributed by atoms with Crippen molar-refractivity contribution < 1.29 is 19.1 Å². The molecule has 1 aliphatic heterocycles. The fourth-order valence-corrected chi connectivity index (χ4v) is 5.33. The van der Waals surface area contributed by atoms with Crippen LogP contribution in [0.2, 0.25) is 5.02 Å². The van der Waals surface area contributed by atoms with Crippen LogP contribution < -0.4 is 20.1 Å². The van der Waals surface area contributed by atoms with Gasteiger partial charge in [-0.15, -0.1) is 0 Å². The van der Waals surface area contributed by atoms with Crippen LogP contribution in [-0.2, 0) is 4.79 Å². The summed E-state index contributed by atoms with van der Waals surface area (Å²) in [4.78, 5) is 25.8. The number of benzene rings is 2. The zero-order valence-electron chi connectivity index (χ0n) is 17.1. The number of imide groups is 1. The molecule has 2 aromatic rings. The van der Waals surface area contributed by atoms with Gasteiger partial charge in [-0.1, -0.05) is 17.7 Å². The number of nitrogens with two attached hydrogens (primary N) is 1. The first-order valence-corrected chi connectivity index (χ1v) is 10.8. The molecule has 0 aromatic heterocycles. The monoisotopic (exact) mass is 438 g/mol. The molecule has 1 heterocycles. The molecule has 0 unspecified atom stereocenters. The van der Waals surface area contributed by atoms with Crippen LogP contribution in [0.15, 0.2) is 36.4 Å². The van der Waals surface area contributed by atoms with Crippen LogP contribution >= 0.6 is 11.6 Å². The Kier molecular flexibility index (Phi) is 4.89. The van der Waals surface area contributed by atoms with E-state index in [9.17, 15) is 9.59 Å². The van der Waals surface area contributed by atoms with E-state index in [1.165, 1.54) is 19.3 Å². The Hall–Kier alpha value is -2.99. The third-order valence-electron chi connectivity index (χ3n) is 6.59. The molecule has 3 aliphatic rings. The van der Waals surface area contributed by atoms with Gasteiger partial charge in [-0.2, -0.15) is 0 Å². The third-order valence-corrected chi connectivity index (χ3v) is 6.83. The maximum Gasteiger partial charge on any atom is 0.326 e. The Labute approximate surface area is 185 Å². The molecular formula is C24H23ClN2O4. The third kappa shape index (κ3) is 3.45. The molecule has 7 heteroatoms. The molecular weight excluding hydrogens is 416 g/mol. The van der Waals surface area contributed by atoms with Crippen LogP contribution in [0.5, 0.6) is 11.5 Å². The van der Waals surface area contributed by atoms with Crippen molar-refractivity contribution in [1.29, 1.82) is 0 Å². The van der Waals surface area contributed by atoms with Crippen molar-refractivity contribution in [3.8, 4) is 11.5 Å². The molecule has 2 saturated carbocycles. The zero-order valence-corrected chi connectivity index (χ0v) is 17.9. The van der Waals surface area contributed by atoms with Crippen LogP contribution in [0.1, 0.15) is 36.8 Å². The van der Waals surface area contributed by atoms with Crippen molar-refractivity contribution in [2.45, 2.75) is 31.8 Å². The van der Waals surface area contributed by atoms with Gasteiger partial charge in [0.25, 0.3) is 5.91 Å². The van der Waals surface area contributed by atoms with Gasteiger partial charge in [0.2, 0.25) is 0 Å². The Morgan fingerprint density at radius 3 is 2.68 bits per heavy atom. The number of methoxy groups -OCH3 is 1. The number of amides is 3. The Morgan fingerprint density at radius 1 is 1.16 bits per heavy atom. The summed E-state index contributed by atoms with van der Waals surface area (Å²) >= 11 is 6.15. The van der Waals surface area contributed by atoms with Crippen molar-refractivity contribution in [2.24, 2.45) is 17.6 Å². The molecule has 5 rings (SSSR count). The molecule has 2 aromatic carbocycles. The van der Waals surface area contributed by atoms with E-state index in [1.807, 2.05) is 18.2 Å². The Bertz CT molecular complexity index is 1110. The molecule has 2 bridgehead atoms. The fourth-order valence-electron chi connectivity index (χ4n) is 5.16. The lowest BCUT2D eigenvalue weighted by molar-refractivity contribution is -0.112. The second kappa shape index (κ2) is 7.61. The van der Waals surface area contributed by atoms with Gasteiger partial charge >= 0.3 is 6.03 Å². The summed E-state index contributed by atoms with van der Waals surface area (Å²) in [5.41, 5.74) is 7.57. The summed E-state index contributed by atoms with van der Waals surface area (Å²) < 4.78 is 11.9. The number of halogens is 1. The zero-order chi connectivity index (χ0) is 21.7. The molecule has 31 heavy (non-hydrogen) atoms. The maximum atomic E-state index is 13.0. The minimum Gasteiger partial charge on any atom is -0.493 e. The number of ether oxygens (including phenoxy) is 2. The smallest absolute Gasteiger partial charge is 0.326 e. The fraction of sp³-hybridized carbons (Fsp3) is 0.333. The number of carbonyl (C=O) groups excluding carboxylic acids is 2. The highest BCUT2D eigenvalue weighted by atomic mass is 35.5. The maximum absolute atomic E-state index is 13.0. The molecule has 2 fully saturated rings. The lowest BCUT2D eigenvalue weighted by Crippen LogP contribution is -2.37. The quantitative estimate of drug-likeness (QED) is 0.689. The van der Waals surface area contributed by atoms with Crippen molar-refractivity contribution in [2.75, 3.05) is 12.0 Å². The molecule has 0 saturated heterocycles. The van der Waals surface area contributed by atoms with Crippen molar-refractivity contribution in [3.05, 3.63) is 52.5 Å². The molecule has 3 amide bonds. The molecule has 6 nitrogen and oxygen atoms in total. The van der Waals surface area contributed by atoms with Crippen molar-refractivity contribution in [1.82, 2.24) is 0 Å². The summed E-state index contributed by atoms with van der Waals surface area (Å²) in [6.07, 6.45) is 6.77. The van der Waals surface area contributed by atoms with Crippen molar-refractivity contribution >= 4 is 40.9 Å². The number of rotatable bonds is 4. The highest BCUT2D eigenvalue weighted by molar-refractivity contribution is 6.42. The van der Waals surface area contributed by atoms with Crippen LogP contribution in [-0.4, -0.2) is 25.2 Å². The average Bonchev–Trinajstić information content (AvgIpc) is 3.42. The highest BCUT2D eigenvalue weighted by Gasteiger charge is 2.41. The molecule has 2 N–H and O–H groups in total. The molecule has 0 radical (unpaired) electrons. The minimum atomic E-state index is -0.827. The molecule has 3 atom stereocenters. The molecule has 2 aliphatic carbocycles. The summed E-state index contributed by atoms with van der Waals surface area (Å²) in [5, 5.41) is 0.471. The molecule has 0 spiro atoms. The summed E-state index contributed by atoms with van der Waals surface area (Å²) in [5.74, 6) is 2.22. The number of nitrogens with zero attached hydrogens (tertiary/aromatic N) is 1. The van der Waals surface area contributed by atoms with Gasteiger partial charge in [-0.25, -0.2) is 9.69 Å². The number of hydrogen-bond acceptors (Lipinski definition) is 4. The standard InChI is InChI=1S/C24H23ClN2O4/c1-30-20-7-3-14(11-22(20)31-21-10-13-2-4-15(21)8-13)9-18-17-12-16(25)5-6-19(17)27(23(18)28)24(26)29/h3,5-7,9,11-13,15,21H,2,4,8,10H2,1H3,(H2,26,29)/b18-9+/t13-,15+,21+/m1/s1. The number of hydrogen-bond donors (Lipinski definition) is 1. The van der Waals surface area contributed by atoms with Crippen LogP contribution in [0.3, 0.4) is 0 Å². The topological polar surface area (TPSA) is 81.9 Å². The predicted molar refractivity (Wildman–Crippen MR) is 119 cm³/mol. The van der Waals surface area contributed by atoms with E-state index >= 15 is 0 Å². The number of anilines is 1. The van der Waals surface area contributed by atoms with E-state index in [-0.39, 0.29) is 6.10 Å². The van der Waals surface area contributed by atoms with Crippen LogP contribution in [0.25, 0.3) is 11.6 Å². The highest BCUT2D eigenvalue weighted by Crippen LogP contribution is 2.47. The first-order chi connectivity index (χ1) is 14.9. The van der Waals surface area contributed by atoms with Gasteiger partial charge in [0.15, 0.2) is 11.5 Å². The van der Waals surface area contributed by atoms with Crippen LogP contribution in [0, 0.1) is 11.8 Å². The van der Waals surface area contributed by atoms with Gasteiger partial charge in [0, 0.05) is 10.6 Å². The van der Waals surface area contributed by atoms with Gasteiger partial charge in [-0.3, -0.25) is 4.79 Å². The van der Waals surface area contributed by atoms with E-state index < -0.39 is 11.9 Å². The Morgan fingerprint density at radius 2 is 2.00 bits per heavy atom. The second-order valence-electron chi connectivity index (χ2n) is 8.44. The van der Waals surface area contributed by atoms with E-state index in [0.29, 0.717) is 39.3 Å². The number of fused-ring (bicyclic) bond motifs is 3. The number of urea groups is 1. The van der Waals surface area contributed by atoms with Crippen LogP contribution in [0.4, 0.5) is 10.5 Å². The Balaban J connectivity index is 1.51. The molecule has 160 valence electrons.